The van der Waals surface area contributed by atoms with Crippen LogP contribution in [0.2, 0.25) is 10.0 Å². The number of benzene rings is 1. The molecule has 6 nitrogen and oxygen atoms in total. The van der Waals surface area contributed by atoms with Gasteiger partial charge >= 0.3 is 6.01 Å². The van der Waals surface area contributed by atoms with Gasteiger partial charge in [0, 0.05) is 41.1 Å². The van der Waals surface area contributed by atoms with Crippen LogP contribution in [0.1, 0.15) is 12.5 Å². The minimum Gasteiger partial charge on any atom is -0.333 e. The van der Waals surface area contributed by atoms with Crippen molar-refractivity contribution >= 4 is 29.2 Å². The highest BCUT2D eigenvalue weighted by molar-refractivity contribution is 6.35. The number of hydrogen-bond donors (Lipinski definition) is 0. The molecule has 0 aliphatic carbocycles. The molecule has 1 aromatic carbocycles. The molecule has 1 aliphatic heterocycles. The molecule has 118 valence electrons. The van der Waals surface area contributed by atoms with Crippen molar-refractivity contribution in [2.75, 3.05) is 18.0 Å². The van der Waals surface area contributed by atoms with Gasteiger partial charge in [0.05, 0.1) is 12.4 Å². The lowest BCUT2D eigenvalue weighted by Gasteiger charge is -2.13. The number of rotatable bonds is 3. The summed E-state index contributed by atoms with van der Waals surface area (Å²) in [5.41, 5.74) is 0.739. The Labute approximate surface area is 142 Å². The summed E-state index contributed by atoms with van der Waals surface area (Å²) in [6, 6.07) is 6.08. The van der Waals surface area contributed by atoms with Gasteiger partial charge < -0.3 is 14.0 Å². The van der Waals surface area contributed by atoms with Gasteiger partial charge in [-0.05, 0) is 24.6 Å². The van der Waals surface area contributed by atoms with Crippen molar-refractivity contribution in [3.05, 3.63) is 47.0 Å². The van der Waals surface area contributed by atoms with E-state index in [1.165, 1.54) is 0 Å². The molecule has 1 unspecified atom stereocenters. The zero-order valence-electron chi connectivity index (χ0n) is 12.1. The molecule has 0 spiro atoms. The average Bonchev–Trinajstić information content (AvgIpc) is 3.26. The maximum absolute atomic E-state index is 6.02. The number of imidazole rings is 1. The summed E-state index contributed by atoms with van der Waals surface area (Å²) in [4.78, 5) is 10.6. The van der Waals surface area contributed by atoms with Gasteiger partial charge in [-0.15, -0.1) is 0 Å². The summed E-state index contributed by atoms with van der Waals surface area (Å²) in [6.07, 6.45) is 6.61. The van der Waals surface area contributed by atoms with E-state index < -0.39 is 0 Å². The van der Waals surface area contributed by atoms with E-state index in [1.807, 2.05) is 12.5 Å². The third-order valence-corrected chi connectivity index (χ3v) is 4.35. The highest BCUT2D eigenvalue weighted by Crippen LogP contribution is 2.29. The van der Waals surface area contributed by atoms with E-state index in [-0.39, 0.29) is 0 Å². The molecule has 2 aromatic heterocycles. The van der Waals surface area contributed by atoms with Crippen LogP contribution in [0.3, 0.4) is 0 Å². The molecule has 3 heterocycles. The predicted octanol–water partition coefficient (Wildman–Crippen LogP) is 3.69. The number of halogens is 2. The molecular formula is C15H13Cl2N5O. The Morgan fingerprint density at radius 3 is 2.74 bits per heavy atom. The van der Waals surface area contributed by atoms with Crippen molar-refractivity contribution in [2.24, 2.45) is 0 Å². The molecule has 0 N–H and O–H groups in total. The molecule has 0 saturated carbocycles. The lowest BCUT2D eigenvalue weighted by atomic mass is 10.2. The van der Waals surface area contributed by atoms with E-state index in [0.29, 0.717) is 27.9 Å². The maximum Gasteiger partial charge on any atom is 0.324 e. The summed E-state index contributed by atoms with van der Waals surface area (Å²) in [7, 11) is 0. The Balaban J connectivity index is 1.54. The minimum absolute atomic E-state index is 0.369. The first-order valence-electron chi connectivity index (χ1n) is 7.21. The SMILES string of the molecule is Clc1cc(Cl)cc(-c2noc(N3CCC(n4ccnc4)C3)n2)c1. The fourth-order valence-corrected chi connectivity index (χ4v) is 3.31. The van der Waals surface area contributed by atoms with E-state index in [0.717, 1.165) is 25.1 Å². The largest absolute Gasteiger partial charge is 0.333 e. The third kappa shape index (κ3) is 2.92. The topological polar surface area (TPSA) is 60.0 Å². The van der Waals surface area contributed by atoms with Gasteiger partial charge in [0.25, 0.3) is 0 Å². The maximum atomic E-state index is 6.02. The van der Waals surface area contributed by atoms with Crippen LogP contribution in [0.25, 0.3) is 11.4 Å². The number of nitrogens with zero attached hydrogens (tertiary/aromatic N) is 5. The second kappa shape index (κ2) is 5.86. The minimum atomic E-state index is 0.369. The lowest BCUT2D eigenvalue weighted by Crippen LogP contribution is -2.20. The predicted molar refractivity (Wildman–Crippen MR) is 87.8 cm³/mol. The quantitative estimate of drug-likeness (QED) is 0.721. The molecule has 1 saturated heterocycles. The van der Waals surface area contributed by atoms with Gasteiger partial charge in [-0.3, -0.25) is 0 Å². The van der Waals surface area contributed by atoms with E-state index in [2.05, 4.69) is 24.6 Å². The Kier molecular flexibility index (Phi) is 3.71. The van der Waals surface area contributed by atoms with Crippen molar-refractivity contribution in [1.82, 2.24) is 19.7 Å². The molecule has 1 atom stereocenters. The smallest absolute Gasteiger partial charge is 0.324 e. The van der Waals surface area contributed by atoms with Crippen LogP contribution in [-0.4, -0.2) is 32.8 Å². The van der Waals surface area contributed by atoms with Crippen LogP contribution >= 0.6 is 23.2 Å². The van der Waals surface area contributed by atoms with Gasteiger partial charge in [-0.1, -0.05) is 28.4 Å². The fourth-order valence-electron chi connectivity index (χ4n) is 2.79. The second-order valence-electron chi connectivity index (χ2n) is 5.46. The van der Waals surface area contributed by atoms with Crippen LogP contribution < -0.4 is 4.90 Å². The Bertz CT molecular complexity index is 797. The standard InChI is InChI=1S/C15H13Cl2N5O/c16-11-5-10(6-12(17)7-11)14-19-15(23-20-14)21-3-1-13(8-21)22-4-2-18-9-22/h2,4-7,9,13H,1,3,8H2. The highest BCUT2D eigenvalue weighted by atomic mass is 35.5. The van der Waals surface area contributed by atoms with Gasteiger partial charge in [0.2, 0.25) is 5.82 Å². The first kappa shape index (κ1) is 14.5. The van der Waals surface area contributed by atoms with Gasteiger partial charge in [-0.2, -0.15) is 4.98 Å². The monoisotopic (exact) mass is 349 g/mol. The molecule has 1 aliphatic rings. The van der Waals surface area contributed by atoms with Gasteiger partial charge in [0.15, 0.2) is 0 Å². The lowest BCUT2D eigenvalue weighted by molar-refractivity contribution is 0.417. The summed E-state index contributed by atoms with van der Waals surface area (Å²) in [6.45, 7) is 1.68. The van der Waals surface area contributed by atoms with Crippen LogP contribution in [0, 0.1) is 0 Å². The molecule has 4 rings (SSSR count). The van der Waals surface area contributed by atoms with Crippen LogP contribution in [0.5, 0.6) is 0 Å². The van der Waals surface area contributed by atoms with Crippen molar-refractivity contribution in [3.63, 3.8) is 0 Å². The first-order valence-corrected chi connectivity index (χ1v) is 7.97. The molecule has 0 radical (unpaired) electrons. The van der Waals surface area contributed by atoms with Crippen molar-refractivity contribution in [2.45, 2.75) is 12.5 Å². The van der Waals surface area contributed by atoms with Crippen LogP contribution in [0.4, 0.5) is 6.01 Å². The van der Waals surface area contributed by atoms with Crippen molar-refractivity contribution in [3.8, 4) is 11.4 Å². The van der Waals surface area contributed by atoms with E-state index in [1.54, 1.807) is 24.4 Å². The summed E-state index contributed by atoms with van der Waals surface area (Å²) >= 11 is 12.0. The molecule has 3 aromatic rings. The zero-order valence-corrected chi connectivity index (χ0v) is 13.6. The number of aromatic nitrogens is 4. The normalized spacial score (nSPS) is 17.8. The number of hydrogen-bond acceptors (Lipinski definition) is 5. The number of anilines is 1. The molecule has 0 bridgehead atoms. The first-order chi connectivity index (χ1) is 11.2. The summed E-state index contributed by atoms with van der Waals surface area (Å²) < 4.78 is 7.51. The molecular weight excluding hydrogens is 337 g/mol. The van der Waals surface area contributed by atoms with Crippen LogP contribution in [0.15, 0.2) is 41.4 Å². The van der Waals surface area contributed by atoms with E-state index in [9.17, 15) is 0 Å². The molecule has 8 heteroatoms. The van der Waals surface area contributed by atoms with E-state index in [4.69, 9.17) is 27.7 Å². The Morgan fingerprint density at radius 1 is 1.17 bits per heavy atom. The highest BCUT2D eigenvalue weighted by Gasteiger charge is 2.27. The summed E-state index contributed by atoms with van der Waals surface area (Å²) in [5, 5.41) is 5.12. The molecule has 0 amide bonds. The molecule has 23 heavy (non-hydrogen) atoms. The van der Waals surface area contributed by atoms with Gasteiger partial charge in [-0.25, -0.2) is 4.98 Å². The Morgan fingerprint density at radius 2 is 2.00 bits per heavy atom. The average molecular weight is 350 g/mol. The molecule has 1 fully saturated rings. The van der Waals surface area contributed by atoms with E-state index >= 15 is 0 Å². The fraction of sp³-hybridized carbons (Fsp3) is 0.267. The van der Waals surface area contributed by atoms with Crippen LogP contribution in [-0.2, 0) is 0 Å². The second-order valence-corrected chi connectivity index (χ2v) is 6.33. The van der Waals surface area contributed by atoms with Crippen molar-refractivity contribution in [1.29, 1.82) is 0 Å². The third-order valence-electron chi connectivity index (χ3n) is 3.92. The Hall–Kier alpha value is -2.05. The van der Waals surface area contributed by atoms with Gasteiger partial charge in [0.1, 0.15) is 0 Å². The van der Waals surface area contributed by atoms with Crippen molar-refractivity contribution < 1.29 is 4.52 Å². The summed E-state index contributed by atoms with van der Waals surface area (Å²) in [5.74, 6) is 0.482. The zero-order chi connectivity index (χ0) is 15.8.